The summed E-state index contributed by atoms with van der Waals surface area (Å²) in [4.78, 5) is 10.1. The van der Waals surface area contributed by atoms with E-state index in [-0.39, 0.29) is 0 Å². The smallest absolute Gasteiger partial charge is 0.153 e. The minimum absolute atomic E-state index is 0.387. The van der Waals surface area contributed by atoms with Crippen molar-refractivity contribution < 1.29 is 0 Å². The maximum atomic E-state index is 4.48. The van der Waals surface area contributed by atoms with E-state index in [4.69, 9.17) is 0 Å². The van der Waals surface area contributed by atoms with Crippen LogP contribution >= 0.6 is 11.3 Å². The van der Waals surface area contributed by atoms with Gasteiger partial charge in [-0.25, -0.2) is 9.97 Å². The van der Waals surface area contributed by atoms with E-state index in [2.05, 4.69) is 35.8 Å². The fourth-order valence-electron chi connectivity index (χ4n) is 1.76. The highest BCUT2D eigenvalue weighted by atomic mass is 32.1. The van der Waals surface area contributed by atoms with Crippen molar-refractivity contribution in [1.29, 1.82) is 0 Å². The third-order valence-corrected chi connectivity index (χ3v) is 4.35. The van der Waals surface area contributed by atoms with Gasteiger partial charge in [0.25, 0.3) is 0 Å². The van der Waals surface area contributed by atoms with E-state index in [0.29, 0.717) is 11.8 Å². The Morgan fingerprint density at radius 3 is 2.61 bits per heavy atom. The van der Waals surface area contributed by atoms with Crippen molar-refractivity contribution in [2.75, 3.05) is 0 Å². The number of hydrogen-bond donors (Lipinski definition) is 0. The predicted molar refractivity (Wildman–Crippen MR) is 73.9 cm³/mol. The molecule has 0 aliphatic carbocycles. The highest BCUT2D eigenvalue weighted by molar-refractivity contribution is 7.11. The molecule has 0 aliphatic heterocycles. The van der Waals surface area contributed by atoms with Crippen molar-refractivity contribution >= 4 is 11.3 Å². The van der Waals surface area contributed by atoms with Crippen molar-refractivity contribution in [1.82, 2.24) is 19.7 Å². The summed E-state index contributed by atoms with van der Waals surface area (Å²) < 4.78 is 1.76. The molecule has 0 bridgehead atoms. The molecule has 0 saturated heterocycles. The molecule has 2 aromatic heterocycles. The van der Waals surface area contributed by atoms with Gasteiger partial charge < -0.3 is 0 Å². The lowest BCUT2D eigenvalue weighted by molar-refractivity contribution is 0.624. The lowest BCUT2D eigenvalue weighted by Crippen LogP contribution is -2.00. The van der Waals surface area contributed by atoms with Crippen LogP contribution in [0.4, 0.5) is 0 Å². The molecule has 0 N–H and O–H groups in total. The molecule has 98 valence electrons. The lowest BCUT2D eigenvalue weighted by atomic mass is 10.1. The molecular weight excluding hydrogens is 244 g/mol. The summed E-state index contributed by atoms with van der Waals surface area (Å²) in [5.41, 5.74) is 0. The maximum absolute atomic E-state index is 4.48. The topological polar surface area (TPSA) is 43.6 Å². The molecule has 1 unspecified atom stereocenters. The Balaban J connectivity index is 1.90. The van der Waals surface area contributed by atoms with Crippen LogP contribution in [0.3, 0.4) is 0 Å². The summed E-state index contributed by atoms with van der Waals surface area (Å²) in [6, 6.07) is 0. The lowest BCUT2D eigenvalue weighted by Gasteiger charge is -2.05. The number of hydrogen-bond acceptors (Lipinski definition) is 4. The van der Waals surface area contributed by atoms with Gasteiger partial charge in [0, 0.05) is 24.0 Å². The van der Waals surface area contributed by atoms with Crippen molar-refractivity contribution in [3.63, 3.8) is 0 Å². The quantitative estimate of drug-likeness (QED) is 0.833. The summed E-state index contributed by atoms with van der Waals surface area (Å²) in [7, 11) is 1.90. The van der Waals surface area contributed by atoms with Gasteiger partial charge in [-0.15, -0.1) is 11.3 Å². The molecule has 0 aromatic carbocycles. The molecule has 4 nitrogen and oxygen atoms in total. The summed E-state index contributed by atoms with van der Waals surface area (Å²) in [6.45, 7) is 6.59. The summed E-state index contributed by atoms with van der Waals surface area (Å²) in [6.07, 6.45) is 5.83. The molecule has 0 fully saturated rings. The van der Waals surface area contributed by atoms with Crippen LogP contribution in [0.2, 0.25) is 0 Å². The Labute approximate surface area is 112 Å². The van der Waals surface area contributed by atoms with Gasteiger partial charge in [-0.05, 0) is 18.8 Å². The molecule has 0 spiro atoms. The van der Waals surface area contributed by atoms with Crippen LogP contribution < -0.4 is 0 Å². The third-order valence-electron chi connectivity index (χ3n) is 2.99. The van der Waals surface area contributed by atoms with Gasteiger partial charge in [0.15, 0.2) is 5.82 Å². The molecule has 0 radical (unpaired) electrons. The van der Waals surface area contributed by atoms with E-state index in [0.717, 1.165) is 18.7 Å². The van der Waals surface area contributed by atoms with Crippen molar-refractivity contribution in [2.45, 2.75) is 45.4 Å². The SMILES string of the molecule is CC(C)c1cnc(CCC(C)c2ncn(C)n2)s1. The normalized spacial score (nSPS) is 13.2. The van der Waals surface area contributed by atoms with E-state index in [1.807, 2.05) is 24.6 Å². The number of aromatic nitrogens is 4. The molecule has 18 heavy (non-hydrogen) atoms. The first-order chi connectivity index (χ1) is 8.56. The number of thiazole rings is 1. The van der Waals surface area contributed by atoms with E-state index < -0.39 is 0 Å². The largest absolute Gasteiger partial charge is 0.256 e. The minimum atomic E-state index is 0.387. The molecule has 2 heterocycles. The average Bonchev–Trinajstić information content (AvgIpc) is 2.94. The Hall–Kier alpha value is -1.23. The van der Waals surface area contributed by atoms with Crippen LogP contribution in [0.25, 0.3) is 0 Å². The van der Waals surface area contributed by atoms with Crippen LogP contribution in [-0.2, 0) is 13.5 Å². The Morgan fingerprint density at radius 1 is 1.28 bits per heavy atom. The molecular formula is C13H20N4S. The number of rotatable bonds is 5. The van der Waals surface area contributed by atoms with Crippen molar-refractivity contribution in [2.24, 2.45) is 7.05 Å². The standard InChI is InChI=1S/C13H20N4S/c1-9(2)11-7-14-12(18-11)6-5-10(3)13-15-8-17(4)16-13/h7-10H,5-6H2,1-4H3. The van der Waals surface area contributed by atoms with E-state index in [1.54, 1.807) is 11.0 Å². The predicted octanol–water partition coefficient (Wildman–Crippen LogP) is 3.13. The van der Waals surface area contributed by atoms with Gasteiger partial charge in [0.05, 0.1) is 5.01 Å². The Morgan fingerprint density at radius 2 is 2.06 bits per heavy atom. The zero-order valence-electron chi connectivity index (χ0n) is 11.4. The molecule has 1 atom stereocenters. The monoisotopic (exact) mass is 264 g/mol. The van der Waals surface area contributed by atoms with Crippen LogP contribution in [0.1, 0.15) is 54.7 Å². The first-order valence-electron chi connectivity index (χ1n) is 6.36. The Bertz CT molecular complexity index is 501. The van der Waals surface area contributed by atoms with Gasteiger partial charge in [-0.2, -0.15) is 5.10 Å². The zero-order chi connectivity index (χ0) is 13.1. The van der Waals surface area contributed by atoms with Gasteiger partial charge in [0.2, 0.25) is 0 Å². The molecule has 0 saturated carbocycles. The molecule has 0 amide bonds. The highest BCUT2D eigenvalue weighted by Gasteiger charge is 2.12. The van der Waals surface area contributed by atoms with Crippen LogP contribution in [0.15, 0.2) is 12.5 Å². The van der Waals surface area contributed by atoms with Crippen LogP contribution in [0, 0.1) is 0 Å². The van der Waals surface area contributed by atoms with Gasteiger partial charge in [0.1, 0.15) is 6.33 Å². The second-order valence-corrected chi connectivity index (χ2v) is 6.17. The highest BCUT2D eigenvalue weighted by Crippen LogP contribution is 2.24. The van der Waals surface area contributed by atoms with Crippen molar-refractivity contribution in [3.05, 3.63) is 28.2 Å². The third kappa shape index (κ3) is 3.16. The van der Waals surface area contributed by atoms with Gasteiger partial charge in [-0.3, -0.25) is 4.68 Å². The fraction of sp³-hybridized carbons (Fsp3) is 0.615. The summed E-state index contributed by atoms with van der Waals surface area (Å²) >= 11 is 1.83. The van der Waals surface area contributed by atoms with E-state index >= 15 is 0 Å². The van der Waals surface area contributed by atoms with Crippen molar-refractivity contribution in [3.8, 4) is 0 Å². The second-order valence-electron chi connectivity index (χ2n) is 5.03. The van der Waals surface area contributed by atoms with Gasteiger partial charge >= 0.3 is 0 Å². The minimum Gasteiger partial charge on any atom is -0.256 e. The van der Waals surface area contributed by atoms with Crippen LogP contribution in [-0.4, -0.2) is 19.7 Å². The van der Waals surface area contributed by atoms with Crippen LogP contribution in [0.5, 0.6) is 0 Å². The van der Waals surface area contributed by atoms with E-state index in [9.17, 15) is 0 Å². The van der Waals surface area contributed by atoms with Gasteiger partial charge in [-0.1, -0.05) is 20.8 Å². The number of nitrogens with zero attached hydrogens (tertiary/aromatic N) is 4. The fourth-order valence-corrected chi connectivity index (χ4v) is 2.70. The maximum Gasteiger partial charge on any atom is 0.153 e. The summed E-state index contributed by atoms with van der Waals surface area (Å²) in [5.74, 6) is 1.89. The Kier molecular flexibility index (Phi) is 4.11. The molecule has 2 rings (SSSR count). The second kappa shape index (κ2) is 5.61. The molecule has 5 heteroatoms. The average molecular weight is 264 g/mol. The first-order valence-corrected chi connectivity index (χ1v) is 7.18. The first kappa shape index (κ1) is 13.2. The molecule has 0 aliphatic rings. The van der Waals surface area contributed by atoms with E-state index in [1.165, 1.54) is 9.88 Å². The molecule has 2 aromatic rings. The zero-order valence-corrected chi connectivity index (χ0v) is 12.2. The number of aryl methyl sites for hydroxylation is 2. The summed E-state index contributed by atoms with van der Waals surface area (Å²) in [5, 5.41) is 5.57.